The van der Waals surface area contributed by atoms with Gasteiger partial charge in [0.2, 0.25) is 0 Å². The summed E-state index contributed by atoms with van der Waals surface area (Å²) in [6, 6.07) is 8.97. The third kappa shape index (κ3) is 2.34. The number of rotatable bonds is 2. The van der Waals surface area contributed by atoms with Gasteiger partial charge in [0.05, 0.1) is 11.2 Å². The fourth-order valence-corrected chi connectivity index (χ4v) is 5.25. The number of carbonyl (C=O) groups excluding carboxylic acids is 1. The lowest BCUT2D eigenvalue weighted by Gasteiger charge is -2.55. The molecule has 26 heavy (non-hydrogen) atoms. The summed E-state index contributed by atoms with van der Waals surface area (Å²) in [6.07, 6.45) is 3.99. The highest BCUT2D eigenvalue weighted by atomic mass is 16.4. The van der Waals surface area contributed by atoms with Gasteiger partial charge in [-0.1, -0.05) is 23.4 Å². The van der Waals surface area contributed by atoms with E-state index in [2.05, 4.69) is 20.5 Å². The lowest BCUT2D eigenvalue weighted by molar-refractivity contribution is 0.00448. The Morgan fingerprint density at radius 3 is 2.65 bits per heavy atom. The second-order valence-corrected chi connectivity index (χ2v) is 7.87. The van der Waals surface area contributed by atoms with Gasteiger partial charge < -0.3 is 10.5 Å². The monoisotopic (exact) mass is 353 g/mol. The number of hydrogen-bond donors (Lipinski definition) is 2. The van der Waals surface area contributed by atoms with Crippen molar-refractivity contribution in [2.75, 3.05) is 6.54 Å². The zero-order chi connectivity index (χ0) is 17.8. The van der Waals surface area contributed by atoms with Crippen LogP contribution in [0, 0.1) is 5.92 Å². The minimum Gasteiger partial charge on any atom is -0.411 e. The first kappa shape index (κ1) is 15.8. The molecule has 1 aromatic heterocycles. The van der Waals surface area contributed by atoms with Crippen LogP contribution in [0.25, 0.3) is 10.9 Å². The summed E-state index contributed by atoms with van der Waals surface area (Å²) < 4.78 is 1.76. The number of para-hydroxylation sites is 1. The van der Waals surface area contributed by atoms with E-state index in [1.807, 2.05) is 31.3 Å². The Labute approximate surface area is 151 Å². The van der Waals surface area contributed by atoms with Crippen molar-refractivity contribution in [3.05, 3.63) is 30.0 Å². The van der Waals surface area contributed by atoms with Gasteiger partial charge in [-0.05, 0) is 31.7 Å². The molecule has 4 unspecified atom stereocenters. The molecule has 2 N–H and O–H groups in total. The number of piperidine rings is 4. The minimum absolute atomic E-state index is 0.0791. The molecule has 4 aliphatic heterocycles. The van der Waals surface area contributed by atoms with Crippen molar-refractivity contribution in [1.82, 2.24) is 20.0 Å². The van der Waals surface area contributed by atoms with Crippen LogP contribution >= 0.6 is 0 Å². The molecule has 5 heterocycles. The average Bonchev–Trinajstić information content (AvgIpc) is 2.98. The maximum Gasteiger partial charge on any atom is 0.272 e. The Morgan fingerprint density at radius 1 is 1.23 bits per heavy atom. The summed E-state index contributed by atoms with van der Waals surface area (Å²) in [5.41, 5.74) is 2.41. The van der Waals surface area contributed by atoms with Crippen LogP contribution in [0.3, 0.4) is 0 Å². The van der Waals surface area contributed by atoms with Crippen molar-refractivity contribution < 1.29 is 10.0 Å². The van der Waals surface area contributed by atoms with Crippen LogP contribution in [0.15, 0.2) is 29.4 Å². The summed E-state index contributed by atoms with van der Waals surface area (Å²) in [6.45, 7) is 0.780. The van der Waals surface area contributed by atoms with E-state index in [9.17, 15) is 4.79 Å². The average molecular weight is 353 g/mol. The molecule has 136 valence electrons. The first-order chi connectivity index (χ1) is 12.6. The summed E-state index contributed by atoms with van der Waals surface area (Å²) in [5, 5.41) is 21.2. The Bertz CT molecular complexity index is 888. The fraction of sp³-hybridized carbons (Fsp3) is 0.526. The van der Waals surface area contributed by atoms with Gasteiger partial charge >= 0.3 is 0 Å². The Hall–Kier alpha value is -2.41. The van der Waals surface area contributed by atoms with E-state index >= 15 is 0 Å². The van der Waals surface area contributed by atoms with Gasteiger partial charge in [-0.2, -0.15) is 5.10 Å². The lowest BCUT2D eigenvalue weighted by atomic mass is 9.71. The van der Waals surface area contributed by atoms with Gasteiger partial charge in [-0.3, -0.25) is 14.4 Å². The van der Waals surface area contributed by atoms with E-state index in [4.69, 9.17) is 5.21 Å². The van der Waals surface area contributed by atoms with Crippen LogP contribution in [-0.2, 0) is 7.05 Å². The summed E-state index contributed by atoms with van der Waals surface area (Å²) in [5.74, 6) is 0.334. The molecule has 4 fully saturated rings. The summed E-state index contributed by atoms with van der Waals surface area (Å²) in [4.78, 5) is 15.3. The smallest absolute Gasteiger partial charge is 0.272 e. The number of oxime groups is 1. The van der Waals surface area contributed by atoms with Crippen LogP contribution < -0.4 is 5.32 Å². The minimum atomic E-state index is -0.0791. The Balaban J connectivity index is 1.33. The Kier molecular flexibility index (Phi) is 3.53. The number of fused-ring (bicyclic) bond motifs is 2. The zero-order valence-corrected chi connectivity index (χ0v) is 14.8. The predicted molar refractivity (Wildman–Crippen MR) is 97.4 cm³/mol. The highest BCUT2D eigenvalue weighted by Gasteiger charge is 2.48. The number of hydrogen-bond acceptors (Lipinski definition) is 5. The van der Waals surface area contributed by atoms with Gasteiger partial charge in [0, 0.05) is 43.0 Å². The molecule has 0 radical (unpaired) electrons. The quantitative estimate of drug-likeness (QED) is 0.637. The SMILES string of the molecule is Cn1nc(C(=O)NC2CC3CC4C[C@H](C2)N3C/C4=N/O)c2ccccc21. The molecule has 5 atom stereocenters. The van der Waals surface area contributed by atoms with Gasteiger partial charge in [0.25, 0.3) is 5.91 Å². The molecule has 0 aliphatic carbocycles. The van der Waals surface area contributed by atoms with Gasteiger partial charge in [0.15, 0.2) is 5.69 Å². The molecule has 1 amide bonds. The van der Waals surface area contributed by atoms with E-state index in [1.54, 1.807) is 4.68 Å². The zero-order valence-electron chi connectivity index (χ0n) is 14.8. The van der Waals surface area contributed by atoms with Crippen LogP contribution in [0.1, 0.15) is 36.2 Å². The fourth-order valence-electron chi connectivity index (χ4n) is 5.25. The number of aromatic nitrogens is 2. The maximum absolute atomic E-state index is 12.9. The predicted octanol–water partition coefficient (Wildman–Crippen LogP) is 1.76. The van der Waals surface area contributed by atoms with Crippen LogP contribution in [0.4, 0.5) is 0 Å². The second-order valence-electron chi connectivity index (χ2n) is 7.87. The standard InChI is InChI=1S/C19H23N5O2/c1-23-17-5-3-2-4-15(17)18(21-23)19(25)20-12-8-13-6-11-7-14(9-12)24(13)10-16(11)22-26/h2-5,11-14,26H,6-10H2,1H3,(H,20,25)/b22-16-/t11?,12?,13-,14?/m1/s1. The van der Waals surface area contributed by atoms with E-state index in [-0.39, 0.29) is 11.9 Å². The molecule has 4 saturated heterocycles. The van der Waals surface area contributed by atoms with Crippen molar-refractivity contribution in [3.63, 3.8) is 0 Å². The molecule has 1 aromatic carbocycles. The van der Waals surface area contributed by atoms with Gasteiger partial charge in [-0.15, -0.1) is 0 Å². The van der Waals surface area contributed by atoms with Crippen molar-refractivity contribution in [1.29, 1.82) is 0 Å². The molecule has 0 spiro atoms. The van der Waals surface area contributed by atoms with E-state index in [0.29, 0.717) is 23.7 Å². The van der Waals surface area contributed by atoms with E-state index in [1.165, 1.54) is 0 Å². The van der Waals surface area contributed by atoms with E-state index in [0.717, 1.165) is 48.8 Å². The number of amides is 1. The van der Waals surface area contributed by atoms with Crippen molar-refractivity contribution in [3.8, 4) is 0 Å². The molecule has 2 aromatic rings. The molecule has 6 rings (SSSR count). The van der Waals surface area contributed by atoms with E-state index < -0.39 is 0 Å². The Morgan fingerprint density at radius 2 is 1.96 bits per heavy atom. The van der Waals surface area contributed by atoms with Crippen molar-refractivity contribution >= 4 is 22.5 Å². The number of aryl methyl sites for hydroxylation is 1. The number of nitrogens with zero attached hydrogens (tertiary/aromatic N) is 4. The first-order valence-corrected chi connectivity index (χ1v) is 9.33. The summed E-state index contributed by atoms with van der Waals surface area (Å²) >= 11 is 0. The molecule has 7 heteroatoms. The molecule has 7 nitrogen and oxygen atoms in total. The lowest BCUT2D eigenvalue weighted by Crippen LogP contribution is -2.64. The molecular weight excluding hydrogens is 330 g/mol. The molecule has 4 bridgehead atoms. The van der Waals surface area contributed by atoms with Gasteiger partial charge in [0.1, 0.15) is 0 Å². The highest BCUT2D eigenvalue weighted by molar-refractivity contribution is 6.05. The molecular formula is C19H23N5O2. The third-order valence-electron chi connectivity index (χ3n) is 6.42. The van der Waals surface area contributed by atoms with Crippen LogP contribution in [0.5, 0.6) is 0 Å². The second kappa shape index (κ2) is 5.81. The molecule has 0 saturated carbocycles. The van der Waals surface area contributed by atoms with Crippen molar-refractivity contribution in [2.24, 2.45) is 18.1 Å². The van der Waals surface area contributed by atoms with Crippen LogP contribution in [0.2, 0.25) is 0 Å². The van der Waals surface area contributed by atoms with Crippen molar-refractivity contribution in [2.45, 2.75) is 43.8 Å². The third-order valence-corrected chi connectivity index (χ3v) is 6.42. The highest BCUT2D eigenvalue weighted by Crippen LogP contribution is 2.41. The van der Waals surface area contributed by atoms with Crippen LogP contribution in [-0.4, -0.2) is 56.2 Å². The number of benzene rings is 1. The number of carbonyl (C=O) groups is 1. The maximum atomic E-state index is 12.9. The largest absolute Gasteiger partial charge is 0.411 e. The normalized spacial score (nSPS) is 34.3. The summed E-state index contributed by atoms with van der Waals surface area (Å²) in [7, 11) is 1.87. The van der Waals surface area contributed by atoms with Gasteiger partial charge in [-0.25, -0.2) is 0 Å². The topological polar surface area (TPSA) is 82.8 Å². The number of nitrogens with one attached hydrogen (secondary N) is 1. The first-order valence-electron chi connectivity index (χ1n) is 9.33. The molecule has 4 aliphatic rings.